The van der Waals surface area contributed by atoms with Gasteiger partial charge < -0.3 is 5.11 Å². The lowest BCUT2D eigenvalue weighted by Crippen LogP contribution is -2.01. The zero-order valence-corrected chi connectivity index (χ0v) is 9.97. The molecule has 2 aromatic rings. The molecule has 0 saturated heterocycles. The zero-order valence-electron chi connectivity index (χ0n) is 8.38. The van der Waals surface area contributed by atoms with Crippen LogP contribution in [0.1, 0.15) is 16.2 Å². The highest BCUT2D eigenvalue weighted by molar-refractivity contribution is 9.10. The zero-order chi connectivity index (χ0) is 11.7. The van der Waals surface area contributed by atoms with Gasteiger partial charge in [-0.2, -0.15) is 0 Å². The minimum absolute atomic E-state index is 0.220. The molecule has 0 aliphatic rings. The summed E-state index contributed by atoms with van der Waals surface area (Å²) in [5.41, 5.74) is 0.937. The first-order valence-electron chi connectivity index (χ1n) is 4.49. The highest BCUT2D eigenvalue weighted by Crippen LogP contribution is 2.19. The molecule has 6 heteroatoms. The van der Waals surface area contributed by atoms with Gasteiger partial charge in [-0.1, -0.05) is 15.9 Å². The minimum Gasteiger partial charge on any atom is -0.478 e. The number of aromatic carboxylic acids is 1. The fourth-order valence-corrected chi connectivity index (χ4v) is 1.86. The van der Waals surface area contributed by atoms with Crippen molar-refractivity contribution in [1.29, 1.82) is 0 Å². The Hall–Kier alpha value is -1.69. The second-order valence-corrected chi connectivity index (χ2v) is 4.17. The van der Waals surface area contributed by atoms with Crippen LogP contribution in [0.15, 0.2) is 29.0 Å². The number of carboxylic acids is 1. The van der Waals surface area contributed by atoms with E-state index in [9.17, 15) is 4.79 Å². The van der Waals surface area contributed by atoms with Gasteiger partial charge in [-0.3, -0.25) is 4.57 Å². The lowest BCUT2D eigenvalue weighted by Gasteiger charge is -2.05. The van der Waals surface area contributed by atoms with Gasteiger partial charge in [0.2, 0.25) is 0 Å². The number of hydrogen-bond acceptors (Lipinski definition) is 3. The fraction of sp³-hybridized carbons (Fsp3) is 0.100. The van der Waals surface area contributed by atoms with Crippen molar-refractivity contribution >= 4 is 21.9 Å². The van der Waals surface area contributed by atoms with Crippen molar-refractivity contribution in [2.24, 2.45) is 0 Å². The van der Waals surface area contributed by atoms with Crippen LogP contribution in [0.4, 0.5) is 0 Å². The van der Waals surface area contributed by atoms with E-state index in [4.69, 9.17) is 5.11 Å². The van der Waals surface area contributed by atoms with Crippen molar-refractivity contribution in [3.8, 4) is 5.69 Å². The number of carboxylic acid groups (broad SMARTS) is 1. The maximum atomic E-state index is 10.9. The average Bonchev–Trinajstić information content (AvgIpc) is 2.63. The largest absolute Gasteiger partial charge is 0.478 e. The first-order valence-corrected chi connectivity index (χ1v) is 5.28. The number of benzene rings is 1. The summed E-state index contributed by atoms with van der Waals surface area (Å²) in [6.07, 6.45) is 1.54. The van der Waals surface area contributed by atoms with Crippen molar-refractivity contribution in [2.75, 3.05) is 0 Å². The summed E-state index contributed by atoms with van der Waals surface area (Å²) in [4.78, 5) is 10.9. The van der Waals surface area contributed by atoms with Gasteiger partial charge in [-0.25, -0.2) is 4.79 Å². The van der Waals surface area contributed by atoms with Gasteiger partial charge in [0.15, 0.2) is 0 Å². The maximum absolute atomic E-state index is 10.9. The molecule has 0 radical (unpaired) electrons. The van der Waals surface area contributed by atoms with Crippen LogP contribution in [-0.4, -0.2) is 25.8 Å². The Morgan fingerprint density at radius 1 is 1.44 bits per heavy atom. The molecule has 1 heterocycles. The Morgan fingerprint density at radius 2 is 2.19 bits per heavy atom. The molecule has 1 N–H and O–H groups in total. The molecule has 1 aromatic carbocycles. The highest BCUT2D eigenvalue weighted by atomic mass is 79.9. The normalized spacial score (nSPS) is 10.4. The van der Waals surface area contributed by atoms with Gasteiger partial charge in [-0.15, -0.1) is 10.2 Å². The number of halogens is 1. The van der Waals surface area contributed by atoms with Crippen LogP contribution in [0.5, 0.6) is 0 Å². The summed E-state index contributed by atoms with van der Waals surface area (Å²) in [7, 11) is 0. The Bertz CT molecular complexity index is 551. The molecule has 5 nitrogen and oxygen atoms in total. The van der Waals surface area contributed by atoms with Crippen LogP contribution < -0.4 is 0 Å². The standard InChI is InChI=1S/C10H8BrN3O2/c1-6-13-12-5-14(6)9-3-7(10(15)16)2-8(11)4-9/h2-5H,1H3,(H,15,16). The summed E-state index contributed by atoms with van der Waals surface area (Å²) >= 11 is 3.27. The number of aromatic nitrogens is 3. The summed E-state index contributed by atoms with van der Waals surface area (Å²) in [5.74, 6) is -0.261. The van der Waals surface area contributed by atoms with E-state index in [1.54, 1.807) is 30.0 Å². The molecular formula is C10H8BrN3O2. The molecule has 82 valence electrons. The lowest BCUT2D eigenvalue weighted by atomic mass is 10.2. The average molecular weight is 282 g/mol. The third-order valence-corrected chi connectivity index (χ3v) is 2.58. The molecule has 0 saturated carbocycles. The molecule has 0 amide bonds. The van der Waals surface area contributed by atoms with Crippen LogP contribution in [0.2, 0.25) is 0 Å². The molecule has 0 fully saturated rings. The Balaban J connectivity index is 2.58. The van der Waals surface area contributed by atoms with Crippen molar-refractivity contribution in [2.45, 2.75) is 6.92 Å². The van der Waals surface area contributed by atoms with Crippen molar-refractivity contribution in [3.63, 3.8) is 0 Å². The fourth-order valence-electron chi connectivity index (χ4n) is 1.38. The van der Waals surface area contributed by atoms with E-state index in [1.807, 2.05) is 6.07 Å². The van der Waals surface area contributed by atoms with Gasteiger partial charge in [0.05, 0.1) is 11.3 Å². The van der Waals surface area contributed by atoms with Crippen LogP contribution in [0, 0.1) is 6.92 Å². The summed E-state index contributed by atoms with van der Waals surface area (Å²) in [6, 6.07) is 4.93. The number of rotatable bonds is 2. The molecule has 0 atom stereocenters. The third kappa shape index (κ3) is 1.96. The second-order valence-electron chi connectivity index (χ2n) is 3.25. The van der Waals surface area contributed by atoms with Gasteiger partial charge in [0.25, 0.3) is 0 Å². The van der Waals surface area contributed by atoms with Crippen molar-refractivity contribution in [3.05, 3.63) is 40.4 Å². The van der Waals surface area contributed by atoms with Crippen LogP contribution in [0.3, 0.4) is 0 Å². The second kappa shape index (κ2) is 4.05. The van der Waals surface area contributed by atoms with E-state index >= 15 is 0 Å². The first kappa shape index (κ1) is 10.8. The molecule has 0 aliphatic heterocycles. The summed E-state index contributed by atoms with van der Waals surface area (Å²) < 4.78 is 2.42. The van der Waals surface area contributed by atoms with Crippen LogP contribution >= 0.6 is 15.9 Å². The summed E-state index contributed by atoms with van der Waals surface area (Å²) in [5, 5.41) is 16.5. The third-order valence-electron chi connectivity index (χ3n) is 2.13. The smallest absolute Gasteiger partial charge is 0.335 e. The van der Waals surface area contributed by atoms with E-state index in [0.29, 0.717) is 16.0 Å². The molecular weight excluding hydrogens is 274 g/mol. The Kier molecular flexibility index (Phi) is 2.74. The van der Waals surface area contributed by atoms with E-state index in [2.05, 4.69) is 26.1 Å². The SMILES string of the molecule is Cc1nncn1-c1cc(Br)cc(C(=O)O)c1. The van der Waals surface area contributed by atoms with E-state index in [-0.39, 0.29) is 5.56 Å². The number of carbonyl (C=O) groups is 1. The summed E-state index contributed by atoms with van der Waals surface area (Å²) in [6.45, 7) is 1.80. The maximum Gasteiger partial charge on any atom is 0.335 e. The molecule has 0 spiro atoms. The molecule has 2 rings (SSSR count). The van der Waals surface area contributed by atoms with Gasteiger partial charge in [0, 0.05) is 4.47 Å². The van der Waals surface area contributed by atoms with Crippen LogP contribution in [-0.2, 0) is 0 Å². The van der Waals surface area contributed by atoms with Gasteiger partial charge >= 0.3 is 5.97 Å². The Morgan fingerprint density at radius 3 is 2.75 bits per heavy atom. The van der Waals surface area contributed by atoms with Gasteiger partial charge in [-0.05, 0) is 25.1 Å². The van der Waals surface area contributed by atoms with Crippen LogP contribution in [0.25, 0.3) is 5.69 Å². The number of aryl methyl sites for hydroxylation is 1. The molecule has 0 aliphatic carbocycles. The molecule has 16 heavy (non-hydrogen) atoms. The monoisotopic (exact) mass is 281 g/mol. The predicted molar refractivity (Wildman–Crippen MR) is 60.8 cm³/mol. The number of nitrogens with zero attached hydrogens (tertiary/aromatic N) is 3. The van der Waals surface area contributed by atoms with E-state index in [0.717, 1.165) is 0 Å². The highest BCUT2D eigenvalue weighted by Gasteiger charge is 2.08. The van der Waals surface area contributed by atoms with Gasteiger partial charge in [0.1, 0.15) is 12.2 Å². The number of hydrogen-bond donors (Lipinski definition) is 1. The minimum atomic E-state index is -0.965. The first-order chi connectivity index (χ1) is 7.58. The molecule has 1 aromatic heterocycles. The van der Waals surface area contributed by atoms with Crippen molar-refractivity contribution in [1.82, 2.24) is 14.8 Å². The topological polar surface area (TPSA) is 68.0 Å². The van der Waals surface area contributed by atoms with Crippen molar-refractivity contribution < 1.29 is 9.90 Å². The molecule has 0 bridgehead atoms. The lowest BCUT2D eigenvalue weighted by molar-refractivity contribution is 0.0697. The van der Waals surface area contributed by atoms with E-state index in [1.165, 1.54) is 0 Å². The Labute approximate surface area is 99.9 Å². The van der Waals surface area contributed by atoms with E-state index < -0.39 is 5.97 Å². The molecule has 0 unspecified atom stereocenters. The predicted octanol–water partition coefficient (Wildman–Crippen LogP) is 2.04. The quantitative estimate of drug-likeness (QED) is 0.915.